The van der Waals surface area contributed by atoms with E-state index in [9.17, 15) is 0 Å². The second-order valence-electron chi connectivity index (χ2n) is 13.6. The van der Waals surface area contributed by atoms with Gasteiger partial charge in [-0.05, 0) is 71.5 Å². The quantitative estimate of drug-likeness (QED) is 0.187. The van der Waals surface area contributed by atoms with E-state index in [1.165, 1.54) is 22.3 Å². The molecule has 0 saturated carbocycles. The monoisotopic (exact) mass is 667 g/mol. The molecule has 246 valence electrons. The highest BCUT2D eigenvalue weighted by atomic mass is 16.5. The van der Waals surface area contributed by atoms with Crippen LogP contribution in [-0.2, 0) is 5.41 Å². The molecule has 8 aromatic rings. The van der Waals surface area contributed by atoms with Crippen molar-refractivity contribution in [3.05, 3.63) is 197 Å². The first-order valence-electron chi connectivity index (χ1n) is 17.7. The number of fused-ring (bicyclic) bond motifs is 9. The van der Waals surface area contributed by atoms with E-state index in [1.54, 1.807) is 0 Å². The van der Waals surface area contributed by atoms with Gasteiger partial charge in [0.05, 0.1) is 16.8 Å². The van der Waals surface area contributed by atoms with Crippen LogP contribution in [0.25, 0.3) is 56.2 Å². The Morgan fingerprint density at radius 1 is 0.481 bits per heavy atom. The van der Waals surface area contributed by atoms with Gasteiger partial charge in [-0.25, -0.2) is 9.97 Å². The van der Waals surface area contributed by atoms with E-state index in [2.05, 4.69) is 140 Å². The maximum absolute atomic E-state index is 6.97. The third-order valence-corrected chi connectivity index (χ3v) is 10.6. The zero-order chi connectivity index (χ0) is 34.8. The van der Waals surface area contributed by atoms with E-state index in [0.29, 0.717) is 0 Å². The number of rotatable bonds is 4. The summed E-state index contributed by atoms with van der Waals surface area (Å²) in [6.07, 6.45) is 1.99. The van der Waals surface area contributed by atoms with Crippen LogP contribution in [0.4, 0.5) is 0 Å². The standard InChI is InChI=1S/C48H33N3O/c1-30-27-42(49-29-37(30)32-15-5-3-6-16-32)36-21-14-25-41-46(36)52-44-26-12-11-23-39(44)48(41)38-22-10-9-19-34(38)45-35(20-13-24-40(45)48)43-28-31(2)50-47(51-43)33-17-7-4-8-18-33/h3-29H,1-2H3. The Morgan fingerprint density at radius 3 is 1.90 bits per heavy atom. The first kappa shape index (κ1) is 30.2. The number of aryl methyl sites for hydroxylation is 2. The third kappa shape index (κ3) is 4.44. The van der Waals surface area contributed by atoms with Gasteiger partial charge in [0.15, 0.2) is 5.82 Å². The molecule has 52 heavy (non-hydrogen) atoms. The highest BCUT2D eigenvalue weighted by molar-refractivity contribution is 5.96. The lowest BCUT2D eigenvalue weighted by molar-refractivity contribution is 0.438. The molecule has 0 bridgehead atoms. The predicted octanol–water partition coefficient (Wildman–Crippen LogP) is 11.6. The van der Waals surface area contributed by atoms with Crippen molar-refractivity contribution in [3.63, 3.8) is 0 Å². The number of ether oxygens (including phenoxy) is 1. The summed E-state index contributed by atoms with van der Waals surface area (Å²) >= 11 is 0. The minimum absolute atomic E-state index is 0.633. The van der Waals surface area contributed by atoms with Crippen molar-refractivity contribution in [2.45, 2.75) is 19.3 Å². The summed E-state index contributed by atoms with van der Waals surface area (Å²) < 4.78 is 6.97. The van der Waals surface area contributed by atoms with E-state index >= 15 is 0 Å². The van der Waals surface area contributed by atoms with Crippen LogP contribution >= 0.6 is 0 Å². The van der Waals surface area contributed by atoms with Gasteiger partial charge in [-0.15, -0.1) is 0 Å². The molecule has 4 heteroatoms. The normalized spacial score (nSPS) is 15.0. The number of hydrogen-bond acceptors (Lipinski definition) is 4. The van der Waals surface area contributed by atoms with E-state index in [-0.39, 0.29) is 0 Å². The summed E-state index contributed by atoms with van der Waals surface area (Å²) in [5, 5.41) is 0. The van der Waals surface area contributed by atoms with Gasteiger partial charge in [0.1, 0.15) is 11.5 Å². The lowest BCUT2D eigenvalue weighted by Crippen LogP contribution is -2.32. The minimum atomic E-state index is -0.633. The third-order valence-electron chi connectivity index (χ3n) is 10.6. The molecule has 2 aliphatic rings. The molecule has 1 aliphatic heterocycles. The summed E-state index contributed by atoms with van der Waals surface area (Å²) in [7, 11) is 0. The Labute approximate surface area is 303 Å². The highest BCUT2D eigenvalue weighted by Crippen LogP contribution is 2.64. The van der Waals surface area contributed by atoms with Crippen LogP contribution < -0.4 is 4.74 Å². The summed E-state index contributed by atoms with van der Waals surface area (Å²) in [6.45, 7) is 4.20. The lowest BCUT2D eigenvalue weighted by Gasteiger charge is -2.40. The molecule has 10 rings (SSSR count). The van der Waals surface area contributed by atoms with E-state index in [4.69, 9.17) is 19.7 Å². The van der Waals surface area contributed by atoms with E-state index in [0.717, 1.165) is 78.9 Å². The second-order valence-corrected chi connectivity index (χ2v) is 13.6. The molecule has 0 N–H and O–H groups in total. The van der Waals surface area contributed by atoms with Crippen LogP contribution in [0.1, 0.15) is 33.5 Å². The molecule has 0 saturated heterocycles. The Balaban J connectivity index is 1.23. The van der Waals surface area contributed by atoms with Gasteiger partial charge in [0.2, 0.25) is 0 Å². The van der Waals surface area contributed by atoms with Crippen molar-refractivity contribution < 1.29 is 4.74 Å². The number of nitrogens with zero attached hydrogens (tertiary/aromatic N) is 3. The van der Waals surface area contributed by atoms with Crippen molar-refractivity contribution in [3.8, 4) is 67.7 Å². The average Bonchev–Trinajstić information content (AvgIpc) is 3.49. The zero-order valence-electron chi connectivity index (χ0n) is 28.8. The van der Waals surface area contributed by atoms with Gasteiger partial charge in [0, 0.05) is 45.3 Å². The SMILES string of the molecule is Cc1cc(-c2cccc3c2-c2ccccc2C32c3ccccc3Oc3c(-c4cc(C)c(-c5ccccc5)cn4)cccc32)nc(-c2ccccc2)n1. The predicted molar refractivity (Wildman–Crippen MR) is 208 cm³/mol. The molecule has 2 aromatic heterocycles. The van der Waals surface area contributed by atoms with Gasteiger partial charge >= 0.3 is 0 Å². The number of para-hydroxylation sites is 2. The van der Waals surface area contributed by atoms with Crippen molar-refractivity contribution in [2.75, 3.05) is 0 Å². The molecule has 1 aliphatic carbocycles. The van der Waals surface area contributed by atoms with Crippen molar-refractivity contribution >= 4 is 0 Å². The molecular weight excluding hydrogens is 635 g/mol. The van der Waals surface area contributed by atoms with Crippen molar-refractivity contribution in [2.24, 2.45) is 0 Å². The Kier molecular flexibility index (Phi) is 6.80. The minimum Gasteiger partial charge on any atom is -0.456 e. The van der Waals surface area contributed by atoms with Crippen LogP contribution in [0.3, 0.4) is 0 Å². The number of pyridine rings is 1. The van der Waals surface area contributed by atoms with Crippen molar-refractivity contribution in [1.29, 1.82) is 0 Å². The van der Waals surface area contributed by atoms with Crippen molar-refractivity contribution in [1.82, 2.24) is 15.0 Å². The number of hydrogen-bond donors (Lipinski definition) is 0. The molecule has 1 unspecified atom stereocenters. The highest BCUT2D eigenvalue weighted by Gasteiger charge is 2.52. The molecule has 0 radical (unpaired) electrons. The van der Waals surface area contributed by atoms with Crippen LogP contribution in [0.2, 0.25) is 0 Å². The Hall–Kier alpha value is -6.65. The zero-order valence-corrected chi connectivity index (χ0v) is 28.8. The number of benzene rings is 6. The van der Waals surface area contributed by atoms with Gasteiger partial charge in [0.25, 0.3) is 0 Å². The van der Waals surface area contributed by atoms with Gasteiger partial charge in [-0.2, -0.15) is 0 Å². The maximum atomic E-state index is 6.97. The summed E-state index contributed by atoms with van der Waals surface area (Å²) in [5.74, 6) is 2.40. The summed E-state index contributed by atoms with van der Waals surface area (Å²) in [4.78, 5) is 15.1. The van der Waals surface area contributed by atoms with Gasteiger partial charge in [-0.3, -0.25) is 4.98 Å². The van der Waals surface area contributed by atoms with E-state index in [1.807, 2.05) is 37.4 Å². The van der Waals surface area contributed by atoms with Gasteiger partial charge in [-0.1, -0.05) is 133 Å². The molecule has 3 heterocycles. The van der Waals surface area contributed by atoms with E-state index < -0.39 is 5.41 Å². The fourth-order valence-corrected chi connectivity index (χ4v) is 8.43. The molecular formula is C48H33N3O. The molecule has 0 amide bonds. The summed E-state index contributed by atoms with van der Waals surface area (Å²) in [6, 6.07) is 55.5. The lowest BCUT2D eigenvalue weighted by atomic mass is 9.65. The fourth-order valence-electron chi connectivity index (χ4n) is 8.43. The first-order chi connectivity index (χ1) is 25.6. The topological polar surface area (TPSA) is 47.9 Å². The van der Waals surface area contributed by atoms with Crippen LogP contribution in [0, 0.1) is 13.8 Å². The van der Waals surface area contributed by atoms with Crippen LogP contribution in [0.15, 0.2) is 164 Å². The van der Waals surface area contributed by atoms with Gasteiger partial charge < -0.3 is 4.74 Å². The molecule has 0 fully saturated rings. The molecule has 6 aromatic carbocycles. The smallest absolute Gasteiger partial charge is 0.160 e. The Bertz CT molecular complexity index is 2690. The van der Waals surface area contributed by atoms with Crippen LogP contribution in [-0.4, -0.2) is 15.0 Å². The molecule has 1 atom stereocenters. The largest absolute Gasteiger partial charge is 0.456 e. The first-order valence-corrected chi connectivity index (χ1v) is 17.7. The number of aromatic nitrogens is 3. The summed E-state index contributed by atoms with van der Waals surface area (Å²) in [5.41, 5.74) is 15.6. The fraction of sp³-hybridized carbons (Fsp3) is 0.0625. The van der Waals surface area contributed by atoms with Crippen LogP contribution in [0.5, 0.6) is 11.5 Å². The maximum Gasteiger partial charge on any atom is 0.160 e. The molecule has 1 spiro atoms. The molecule has 4 nitrogen and oxygen atoms in total. The second kappa shape index (κ2) is 11.7. The Morgan fingerprint density at radius 2 is 1.12 bits per heavy atom. The average molecular weight is 668 g/mol.